The van der Waals surface area contributed by atoms with Crippen LogP contribution in [0.4, 0.5) is 4.39 Å². The summed E-state index contributed by atoms with van der Waals surface area (Å²) in [4.78, 5) is 32.3. The topological polar surface area (TPSA) is 106 Å². The van der Waals surface area contributed by atoms with Gasteiger partial charge in [-0.1, -0.05) is 12.1 Å². The van der Waals surface area contributed by atoms with E-state index >= 15 is 0 Å². The fourth-order valence-electron chi connectivity index (χ4n) is 5.29. The molecule has 4 atom stereocenters. The van der Waals surface area contributed by atoms with Crippen molar-refractivity contribution in [1.29, 1.82) is 0 Å². The standard InChI is InChI=1S/C25H35FN4O4/c1-24(2)13-20(31)30(23(27)29-24)19(9-10-33-5)15-11-16(15)22(32)28-18-12-25(3,4)34-21-14(18)7-6-8-17(21)26/h6-8,15-16,18-19H,9-13H2,1-5H3,(H2,27,29)(H,28,32)/t15-,16-,18?,19+/m1/s1. The lowest BCUT2D eigenvalue weighted by molar-refractivity contribution is -0.132. The molecule has 2 heterocycles. The van der Waals surface area contributed by atoms with E-state index in [-0.39, 0.29) is 53.9 Å². The average molecular weight is 475 g/mol. The number of hydrogen-bond donors (Lipinski definition) is 2. The third kappa shape index (κ3) is 4.89. The number of ether oxygens (including phenoxy) is 2. The maximum Gasteiger partial charge on any atom is 0.231 e. The van der Waals surface area contributed by atoms with Crippen molar-refractivity contribution in [2.45, 2.75) is 76.6 Å². The van der Waals surface area contributed by atoms with E-state index in [1.54, 1.807) is 24.1 Å². The highest BCUT2D eigenvalue weighted by atomic mass is 19.1. The number of amides is 2. The third-order valence-electron chi connectivity index (χ3n) is 6.90. The SMILES string of the molecule is COCC[C@@H]([C@@H]1C[C@H]1C(=O)NC1CC(C)(C)Oc2c(F)cccc21)N1C(=O)CC(C)(C)N=C1N. The molecule has 1 unspecified atom stereocenters. The number of fused-ring (bicyclic) bond motifs is 1. The Hall–Kier alpha value is -2.68. The average Bonchev–Trinajstić information content (AvgIpc) is 3.50. The van der Waals surface area contributed by atoms with Gasteiger partial charge in [0.2, 0.25) is 11.8 Å². The van der Waals surface area contributed by atoms with Crippen LogP contribution in [-0.4, -0.2) is 53.6 Å². The van der Waals surface area contributed by atoms with Gasteiger partial charge >= 0.3 is 0 Å². The molecule has 1 aromatic carbocycles. The highest BCUT2D eigenvalue weighted by Gasteiger charge is 2.52. The Balaban J connectivity index is 1.51. The van der Waals surface area contributed by atoms with Crippen LogP contribution in [0.15, 0.2) is 23.2 Å². The predicted octanol–water partition coefficient (Wildman–Crippen LogP) is 2.91. The molecule has 1 fully saturated rings. The van der Waals surface area contributed by atoms with Gasteiger partial charge in [-0.25, -0.2) is 9.38 Å². The largest absolute Gasteiger partial charge is 0.484 e. The summed E-state index contributed by atoms with van der Waals surface area (Å²) in [7, 11) is 1.61. The highest BCUT2D eigenvalue weighted by molar-refractivity contribution is 5.99. The number of nitrogens with two attached hydrogens (primary N) is 1. The zero-order valence-electron chi connectivity index (χ0n) is 20.6. The number of methoxy groups -OCH3 is 1. The van der Waals surface area contributed by atoms with Crippen LogP contribution in [0.25, 0.3) is 0 Å². The Morgan fingerprint density at radius 2 is 2.12 bits per heavy atom. The number of benzene rings is 1. The Kier molecular flexibility index (Phi) is 6.35. The van der Waals surface area contributed by atoms with Gasteiger partial charge in [-0.15, -0.1) is 0 Å². The predicted molar refractivity (Wildman–Crippen MR) is 126 cm³/mol. The number of para-hydroxylation sites is 1. The minimum atomic E-state index is -0.616. The number of guanidine groups is 1. The number of nitrogens with zero attached hydrogens (tertiary/aromatic N) is 2. The van der Waals surface area contributed by atoms with Gasteiger partial charge in [0.1, 0.15) is 5.60 Å². The van der Waals surface area contributed by atoms with Crippen molar-refractivity contribution in [3.63, 3.8) is 0 Å². The summed E-state index contributed by atoms with van der Waals surface area (Å²) < 4.78 is 25.5. The monoisotopic (exact) mass is 474 g/mol. The molecule has 186 valence electrons. The van der Waals surface area contributed by atoms with Crippen LogP contribution < -0.4 is 15.8 Å². The minimum Gasteiger partial charge on any atom is -0.484 e. The first-order valence-corrected chi connectivity index (χ1v) is 11.9. The van der Waals surface area contributed by atoms with Gasteiger partial charge in [-0.05, 0) is 52.5 Å². The summed E-state index contributed by atoms with van der Waals surface area (Å²) >= 11 is 0. The zero-order chi connectivity index (χ0) is 24.8. The van der Waals surface area contributed by atoms with Crippen LogP contribution in [0.2, 0.25) is 0 Å². The van der Waals surface area contributed by atoms with Crippen molar-refractivity contribution in [3.8, 4) is 5.75 Å². The van der Waals surface area contributed by atoms with Gasteiger partial charge in [0.25, 0.3) is 0 Å². The molecule has 1 aromatic rings. The second kappa shape index (κ2) is 8.83. The van der Waals surface area contributed by atoms with E-state index in [2.05, 4.69) is 10.3 Å². The number of rotatable bonds is 7. The molecule has 1 aliphatic carbocycles. The van der Waals surface area contributed by atoms with E-state index in [9.17, 15) is 14.0 Å². The van der Waals surface area contributed by atoms with E-state index in [1.807, 2.05) is 27.7 Å². The first kappa shape index (κ1) is 24.4. The summed E-state index contributed by atoms with van der Waals surface area (Å²) in [5.74, 6) is -0.543. The summed E-state index contributed by atoms with van der Waals surface area (Å²) in [6.07, 6.45) is 1.99. The quantitative estimate of drug-likeness (QED) is 0.632. The van der Waals surface area contributed by atoms with Gasteiger partial charge in [-0.3, -0.25) is 14.5 Å². The second-order valence-corrected chi connectivity index (χ2v) is 10.9. The van der Waals surface area contributed by atoms with Crippen LogP contribution >= 0.6 is 0 Å². The molecule has 3 aliphatic rings. The molecule has 2 amide bonds. The number of aliphatic imine (C=N–C) groups is 1. The Morgan fingerprint density at radius 3 is 2.79 bits per heavy atom. The molecule has 2 aliphatic heterocycles. The van der Waals surface area contributed by atoms with Gasteiger partial charge < -0.3 is 20.5 Å². The second-order valence-electron chi connectivity index (χ2n) is 10.9. The summed E-state index contributed by atoms with van der Waals surface area (Å²) in [6.45, 7) is 7.96. The molecular weight excluding hydrogens is 439 g/mol. The number of halogens is 1. The van der Waals surface area contributed by atoms with Crippen LogP contribution in [-0.2, 0) is 14.3 Å². The molecule has 4 rings (SSSR count). The number of nitrogens with one attached hydrogen (secondary N) is 1. The van der Waals surface area contributed by atoms with Crippen LogP contribution in [0, 0.1) is 17.7 Å². The van der Waals surface area contributed by atoms with Crippen molar-refractivity contribution >= 4 is 17.8 Å². The summed E-state index contributed by atoms with van der Waals surface area (Å²) in [5.41, 5.74) is 5.70. The van der Waals surface area contributed by atoms with Gasteiger partial charge in [0.15, 0.2) is 17.5 Å². The normalized spacial score (nSPS) is 27.8. The number of hydrogen-bond acceptors (Lipinski definition) is 6. The van der Waals surface area contributed by atoms with Crippen LogP contribution in [0.5, 0.6) is 5.75 Å². The van der Waals surface area contributed by atoms with Crippen LogP contribution in [0.1, 0.15) is 65.0 Å². The van der Waals surface area contributed by atoms with Crippen molar-refractivity contribution in [1.82, 2.24) is 10.2 Å². The maximum absolute atomic E-state index is 14.4. The van der Waals surface area contributed by atoms with Crippen LogP contribution in [0.3, 0.4) is 0 Å². The lowest BCUT2D eigenvalue weighted by Gasteiger charge is -2.38. The molecule has 3 N–H and O–H groups in total. The molecule has 0 radical (unpaired) electrons. The van der Waals surface area contributed by atoms with E-state index in [4.69, 9.17) is 15.2 Å². The Bertz CT molecular complexity index is 1010. The highest BCUT2D eigenvalue weighted by Crippen LogP contribution is 2.47. The van der Waals surface area contributed by atoms with Gasteiger partial charge in [-0.2, -0.15) is 0 Å². The fourth-order valence-corrected chi connectivity index (χ4v) is 5.29. The minimum absolute atomic E-state index is 0.0473. The molecule has 8 nitrogen and oxygen atoms in total. The van der Waals surface area contributed by atoms with Gasteiger partial charge in [0, 0.05) is 37.7 Å². The van der Waals surface area contributed by atoms with Crippen molar-refractivity contribution in [3.05, 3.63) is 29.6 Å². The van der Waals surface area contributed by atoms with E-state index in [0.29, 0.717) is 31.4 Å². The molecule has 0 spiro atoms. The molecule has 0 bridgehead atoms. The molecule has 0 aromatic heterocycles. The lowest BCUT2D eigenvalue weighted by Crippen LogP contribution is -2.55. The molecular formula is C25H35FN4O4. The number of carbonyl (C=O) groups excluding carboxylic acids is 2. The molecule has 1 saturated carbocycles. The van der Waals surface area contributed by atoms with E-state index in [1.165, 1.54) is 6.07 Å². The van der Waals surface area contributed by atoms with Crippen molar-refractivity contribution in [2.24, 2.45) is 22.6 Å². The van der Waals surface area contributed by atoms with Gasteiger partial charge in [0.05, 0.1) is 18.0 Å². The summed E-state index contributed by atoms with van der Waals surface area (Å²) in [5, 5.41) is 3.12. The molecule has 0 saturated heterocycles. The number of carbonyl (C=O) groups is 2. The van der Waals surface area contributed by atoms with E-state index in [0.717, 1.165) is 0 Å². The van der Waals surface area contributed by atoms with Crippen molar-refractivity contribution in [2.75, 3.05) is 13.7 Å². The Morgan fingerprint density at radius 1 is 1.38 bits per heavy atom. The van der Waals surface area contributed by atoms with E-state index < -0.39 is 17.0 Å². The Labute approximate surface area is 200 Å². The summed E-state index contributed by atoms with van der Waals surface area (Å²) in [6, 6.07) is 4.15. The lowest BCUT2D eigenvalue weighted by atomic mass is 9.89. The molecule has 34 heavy (non-hydrogen) atoms. The first-order valence-electron chi connectivity index (χ1n) is 11.9. The third-order valence-corrected chi connectivity index (χ3v) is 6.90. The molecule has 9 heteroatoms. The maximum atomic E-state index is 14.4. The fraction of sp³-hybridized carbons (Fsp3) is 0.640. The smallest absolute Gasteiger partial charge is 0.231 e. The zero-order valence-corrected chi connectivity index (χ0v) is 20.6. The first-order chi connectivity index (χ1) is 15.9. The van der Waals surface area contributed by atoms with Crippen molar-refractivity contribution < 1.29 is 23.5 Å².